The predicted molar refractivity (Wildman–Crippen MR) is 65.8 cm³/mol. The molecule has 0 spiro atoms. The zero-order valence-electron chi connectivity index (χ0n) is 9.90. The maximum atomic E-state index is 12.1. The molecule has 1 saturated carbocycles. The van der Waals surface area contributed by atoms with Gasteiger partial charge in [-0.2, -0.15) is 4.37 Å². The third-order valence-electron chi connectivity index (χ3n) is 3.29. The summed E-state index contributed by atoms with van der Waals surface area (Å²) in [5.74, 6) is 0.0799. The van der Waals surface area contributed by atoms with Crippen molar-refractivity contribution in [2.75, 3.05) is 7.05 Å². The Bertz CT molecular complexity index is 369. The Hall–Kier alpha value is -0.900. The minimum atomic E-state index is 0.0799. The van der Waals surface area contributed by atoms with Gasteiger partial charge in [0.25, 0.3) is 5.91 Å². The van der Waals surface area contributed by atoms with E-state index in [1.54, 1.807) is 0 Å². The maximum absolute atomic E-state index is 12.1. The highest BCUT2D eigenvalue weighted by Gasteiger charge is 2.24. The van der Waals surface area contributed by atoms with Crippen LogP contribution in [0.4, 0.5) is 0 Å². The number of carbonyl (C=O) groups is 1. The van der Waals surface area contributed by atoms with Crippen molar-refractivity contribution in [2.45, 2.75) is 45.1 Å². The van der Waals surface area contributed by atoms with Gasteiger partial charge >= 0.3 is 0 Å². The molecule has 0 aliphatic heterocycles. The van der Waals surface area contributed by atoms with Crippen molar-refractivity contribution in [3.8, 4) is 0 Å². The van der Waals surface area contributed by atoms with Gasteiger partial charge in [0.15, 0.2) is 0 Å². The summed E-state index contributed by atoms with van der Waals surface area (Å²) in [5.41, 5.74) is 0.607. The van der Waals surface area contributed by atoms with E-state index in [0.717, 1.165) is 17.7 Å². The summed E-state index contributed by atoms with van der Waals surface area (Å²) in [5, 5.41) is 0. The van der Waals surface area contributed by atoms with E-state index in [0.29, 0.717) is 11.7 Å². The van der Waals surface area contributed by atoms with Crippen molar-refractivity contribution in [3.63, 3.8) is 0 Å². The van der Waals surface area contributed by atoms with Gasteiger partial charge in [0.1, 0.15) is 5.69 Å². The second-order valence-electron chi connectivity index (χ2n) is 4.53. The molecule has 2 rings (SSSR count). The Kier molecular flexibility index (Phi) is 3.59. The molecule has 0 unspecified atom stereocenters. The fraction of sp³-hybridized carbons (Fsp3) is 0.667. The minimum Gasteiger partial charge on any atom is -0.337 e. The van der Waals surface area contributed by atoms with E-state index >= 15 is 0 Å². The molecular formula is C12H18N2OS. The Labute approximate surface area is 101 Å². The topological polar surface area (TPSA) is 33.2 Å². The number of aromatic nitrogens is 1. The SMILES string of the molecule is Cc1cc(C(=O)N(C)C2CCCCC2)ns1. The van der Waals surface area contributed by atoms with Crippen molar-refractivity contribution in [1.29, 1.82) is 0 Å². The highest BCUT2D eigenvalue weighted by atomic mass is 32.1. The van der Waals surface area contributed by atoms with Crippen molar-refractivity contribution in [2.24, 2.45) is 0 Å². The van der Waals surface area contributed by atoms with Gasteiger partial charge in [0.05, 0.1) is 0 Å². The van der Waals surface area contributed by atoms with Gasteiger partial charge in [0.2, 0.25) is 0 Å². The van der Waals surface area contributed by atoms with Crippen molar-refractivity contribution < 1.29 is 4.79 Å². The van der Waals surface area contributed by atoms with Crippen LogP contribution in [0.25, 0.3) is 0 Å². The smallest absolute Gasteiger partial charge is 0.273 e. The molecule has 1 aromatic heterocycles. The average molecular weight is 238 g/mol. The van der Waals surface area contributed by atoms with Gasteiger partial charge in [0, 0.05) is 18.0 Å². The fourth-order valence-electron chi connectivity index (χ4n) is 2.28. The lowest BCUT2D eigenvalue weighted by Crippen LogP contribution is -2.38. The Morgan fingerprint density at radius 3 is 2.69 bits per heavy atom. The third kappa shape index (κ3) is 2.43. The summed E-state index contributed by atoms with van der Waals surface area (Å²) in [6.45, 7) is 1.98. The number of nitrogens with zero attached hydrogens (tertiary/aromatic N) is 2. The summed E-state index contributed by atoms with van der Waals surface area (Å²) < 4.78 is 4.18. The molecule has 88 valence electrons. The van der Waals surface area contributed by atoms with Crippen LogP contribution in [-0.4, -0.2) is 28.3 Å². The summed E-state index contributed by atoms with van der Waals surface area (Å²) in [4.78, 5) is 15.1. The summed E-state index contributed by atoms with van der Waals surface area (Å²) in [6.07, 6.45) is 6.10. The largest absolute Gasteiger partial charge is 0.337 e. The quantitative estimate of drug-likeness (QED) is 0.793. The Morgan fingerprint density at radius 1 is 1.44 bits per heavy atom. The van der Waals surface area contributed by atoms with Crippen molar-refractivity contribution in [3.05, 3.63) is 16.6 Å². The molecule has 0 aromatic carbocycles. The van der Waals surface area contributed by atoms with E-state index in [4.69, 9.17) is 0 Å². The van der Waals surface area contributed by atoms with Crippen molar-refractivity contribution in [1.82, 2.24) is 9.27 Å². The normalized spacial score (nSPS) is 17.4. The third-order valence-corrected chi connectivity index (χ3v) is 3.98. The molecule has 0 saturated heterocycles. The molecule has 1 aromatic rings. The first kappa shape index (κ1) is 11.6. The number of hydrogen-bond donors (Lipinski definition) is 0. The van der Waals surface area contributed by atoms with E-state index in [1.807, 2.05) is 24.9 Å². The number of amides is 1. The second kappa shape index (κ2) is 4.95. The molecule has 1 aliphatic carbocycles. The van der Waals surface area contributed by atoms with E-state index in [9.17, 15) is 4.79 Å². The van der Waals surface area contributed by atoms with Gasteiger partial charge in [-0.25, -0.2) is 0 Å². The number of hydrogen-bond acceptors (Lipinski definition) is 3. The maximum Gasteiger partial charge on any atom is 0.273 e. The first-order valence-electron chi connectivity index (χ1n) is 5.89. The van der Waals surface area contributed by atoms with Gasteiger partial charge in [-0.3, -0.25) is 4.79 Å². The second-order valence-corrected chi connectivity index (χ2v) is 5.54. The Balaban J connectivity index is 2.03. The van der Waals surface area contributed by atoms with Crippen LogP contribution in [0, 0.1) is 6.92 Å². The molecule has 0 radical (unpaired) electrons. The minimum absolute atomic E-state index is 0.0799. The molecule has 0 bridgehead atoms. The van der Waals surface area contributed by atoms with E-state index in [-0.39, 0.29) is 5.91 Å². The Morgan fingerprint density at radius 2 is 2.12 bits per heavy atom. The lowest BCUT2D eigenvalue weighted by atomic mass is 9.94. The van der Waals surface area contributed by atoms with Crippen LogP contribution >= 0.6 is 11.5 Å². The standard InChI is InChI=1S/C12H18N2OS/c1-9-8-11(13-16-9)12(15)14(2)10-6-4-3-5-7-10/h8,10H,3-7H2,1-2H3. The van der Waals surface area contributed by atoms with Gasteiger partial charge in [-0.15, -0.1) is 0 Å². The number of carbonyl (C=O) groups excluding carboxylic acids is 1. The monoisotopic (exact) mass is 238 g/mol. The molecule has 1 heterocycles. The molecular weight excluding hydrogens is 220 g/mol. The van der Waals surface area contributed by atoms with E-state index in [1.165, 1.54) is 30.8 Å². The molecule has 0 N–H and O–H groups in total. The summed E-state index contributed by atoms with van der Waals surface area (Å²) in [6, 6.07) is 2.30. The first-order valence-corrected chi connectivity index (χ1v) is 6.66. The van der Waals surface area contributed by atoms with Crippen LogP contribution in [0.15, 0.2) is 6.07 Å². The molecule has 16 heavy (non-hydrogen) atoms. The van der Waals surface area contributed by atoms with Crippen LogP contribution in [0.1, 0.15) is 47.5 Å². The van der Waals surface area contributed by atoms with E-state index in [2.05, 4.69) is 4.37 Å². The molecule has 4 heteroatoms. The van der Waals surface area contributed by atoms with Crippen LogP contribution in [0.5, 0.6) is 0 Å². The zero-order chi connectivity index (χ0) is 11.5. The highest BCUT2D eigenvalue weighted by molar-refractivity contribution is 7.05. The van der Waals surface area contributed by atoms with E-state index < -0.39 is 0 Å². The number of rotatable bonds is 2. The average Bonchev–Trinajstić information content (AvgIpc) is 2.75. The molecule has 1 amide bonds. The van der Waals surface area contributed by atoms with Gasteiger partial charge in [-0.05, 0) is 37.4 Å². The van der Waals surface area contributed by atoms with Crippen molar-refractivity contribution >= 4 is 17.4 Å². The molecule has 1 aliphatic rings. The van der Waals surface area contributed by atoms with Crippen LogP contribution in [0.2, 0.25) is 0 Å². The first-order chi connectivity index (χ1) is 7.68. The van der Waals surface area contributed by atoms with Crippen LogP contribution < -0.4 is 0 Å². The zero-order valence-corrected chi connectivity index (χ0v) is 10.7. The predicted octanol–water partition coefficient (Wildman–Crippen LogP) is 2.86. The van der Waals surface area contributed by atoms with Gasteiger partial charge in [-0.1, -0.05) is 19.3 Å². The highest BCUT2D eigenvalue weighted by Crippen LogP contribution is 2.23. The lowest BCUT2D eigenvalue weighted by Gasteiger charge is -2.30. The molecule has 1 fully saturated rings. The molecule has 0 atom stereocenters. The summed E-state index contributed by atoms with van der Waals surface area (Å²) >= 11 is 1.40. The van der Waals surface area contributed by atoms with Crippen LogP contribution in [-0.2, 0) is 0 Å². The fourth-order valence-corrected chi connectivity index (χ4v) is 2.82. The molecule has 3 nitrogen and oxygen atoms in total. The lowest BCUT2D eigenvalue weighted by molar-refractivity contribution is 0.0691. The van der Waals surface area contributed by atoms with Crippen LogP contribution in [0.3, 0.4) is 0 Å². The number of aryl methyl sites for hydroxylation is 1. The summed E-state index contributed by atoms with van der Waals surface area (Å²) in [7, 11) is 1.91. The van der Waals surface area contributed by atoms with Gasteiger partial charge < -0.3 is 4.90 Å².